The molecule has 2 aromatic rings. The highest BCUT2D eigenvalue weighted by molar-refractivity contribution is 5.90. The summed E-state index contributed by atoms with van der Waals surface area (Å²) in [6.45, 7) is 1.69. The molecule has 2 atom stereocenters. The number of ether oxygens (including phenoxy) is 1. The lowest BCUT2D eigenvalue weighted by atomic mass is 9.94. The Bertz CT molecular complexity index is 784. The zero-order valence-corrected chi connectivity index (χ0v) is 14.0. The first-order chi connectivity index (χ1) is 12.0. The number of rotatable bonds is 5. The molecule has 2 rings (SSSR count). The van der Waals surface area contributed by atoms with E-state index in [0.717, 1.165) is 5.56 Å². The van der Waals surface area contributed by atoms with Crippen LogP contribution in [0.3, 0.4) is 0 Å². The van der Waals surface area contributed by atoms with Gasteiger partial charge in [0.1, 0.15) is 0 Å². The minimum Gasteiger partial charge on any atom is -0.469 e. The van der Waals surface area contributed by atoms with Crippen molar-refractivity contribution >= 4 is 17.7 Å². The third-order valence-electron chi connectivity index (χ3n) is 3.77. The van der Waals surface area contributed by atoms with Crippen LogP contribution in [0, 0.1) is 17.2 Å². The van der Waals surface area contributed by atoms with Crippen LogP contribution in [-0.4, -0.2) is 19.1 Å². The van der Waals surface area contributed by atoms with E-state index in [1.54, 1.807) is 31.2 Å². The van der Waals surface area contributed by atoms with E-state index < -0.39 is 24.0 Å². The van der Waals surface area contributed by atoms with Gasteiger partial charge in [-0.25, -0.2) is 4.79 Å². The Morgan fingerprint density at radius 2 is 1.84 bits per heavy atom. The number of nitriles is 1. The molecule has 0 bridgehead atoms. The van der Waals surface area contributed by atoms with Crippen LogP contribution < -0.4 is 10.6 Å². The molecule has 0 saturated carbocycles. The molecule has 25 heavy (non-hydrogen) atoms. The monoisotopic (exact) mass is 337 g/mol. The van der Waals surface area contributed by atoms with Crippen LogP contribution in [0.1, 0.15) is 24.1 Å². The first kappa shape index (κ1) is 18.0. The summed E-state index contributed by atoms with van der Waals surface area (Å²) in [5, 5.41) is 14.4. The summed E-state index contributed by atoms with van der Waals surface area (Å²) in [5.74, 6) is -0.982. The quantitative estimate of drug-likeness (QED) is 0.820. The van der Waals surface area contributed by atoms with Crippen molar-refractivity contribution in [3.8, 4) is 6.07 Å². The Morgan fingerprint density at radius 3 is 2.48 bits per heavy atom. The zero-order chi connectivity index (χ0) is 18.2. The van der Waals surface area contributed by atoms with Gasteiger partial charge in [0.15, 0.2) is 0 Å². The van der Waals surface area contributed by atoms with Gasteiger partial charge in [0, 0.05) is 5.69 Å². The van der Waals surface area contributed by atoms with Crippen LogP contribution in [0.4, 0.5) is 10.5 Å². The fourth-order valence-electron chi connectivity index (χ4n) is 2.45. The summed E-state index contributed by atoms with van der Waals surface area (Å²) < 4.78 is 4.80. The van der Waals surface area contributed by atoms with E-state index >= 15 is 0 Å². The van der Waals surface area contributed by atoms with Gasteiger partial charge in [-0.1, -0.05) is 36.4 Å². The molecule has 0 saturated heterocycles. The number of carbonyl (C=O) groups excluding carboxylic acids is 2. The van der Waals surface area contributed by atoms with Crippen LogP contribution in [0.25, 0.3) is 0 Å². The molecule has 0 aromatic heterocycles. The van der Waals surface area contributed by atoms with Crippen molar-refractivity contribution in [1.29, 1.82) is 5.26 Å². The summed E-state index contributed by atoms with van der Waals surface area (Å²) in [7, 11) is 1.31. The predicted octanol–water partition coefficient (Wildman–Crippen LogP) is 3.23. The average molecular weight is 337 g/mol. The molecule has 0 aliphatic rings. The van der Waals surface area contributed by atoms with E-state index in [1.165, 1.54) is 7.11 Å². The van der Waals surface area contributed by atoms with Gasteiger partial charge in [-0.05, 0) is 30.7 Å². The molecule has 2 aromatic carbocycles. The van der Waals surface area contributed by atoms with Crippen LogP contribution in [-0.2, 0) is 9.53 Å². The number of nitrogens with one attached hydrogen (secondary N) is 2. The second-order valence-electron chi connectivity index (χ2n) is 5.49. The van der Waals surface area contributed by atoms with Gasteiger partial charge >= 0.3 is 12.0 Å². The Morgan fingerprint density at radius 1 is 1.12 bits per heavy atom. The summed E-state index contributed by atoms with van der Waals surface area (Å²) in [6, 6.07) is 16.8. The van der Waals surface area contributed by atoms with Gasteiger partial charge in [-0.2, -0.15) is 5.26 Å². The van der Waals surface area contributed by atoms with Gasteiger partial charge in [-0.15, -0.1) is 0 Å². The van der Waals surface area contributed by atoms with Gasteiger partial charge in [0.25, 0.3) is 0 Å². The molecule has 2 N–H and O–H groups in total. The third-order valence-corrected chi connectivity index (χ3v) is 3.77. The maximum Gasteiger partial charge on any atom is 0.319 e. The molecule has 6 nitrogen and oxygen atoms in total. The topological polar surface area (TPSA) is 91.2 Å². The second kappa shape index (κ2) is 8.50. The molecule has 6 heteroatoms. The van der Waals surface area contributed by atoms with E-state index in [1.807, 2.05) is 36.4 Å². The van der Waals surface area contributed by atoms with Crippen LogP contribution >= 0.6 is 0 Å². The number of benzene rings is 2. The highest BCUT2D eigenvalue weighted by atomic mass is 16.5. The molecular weight excluding hydrogens is 318 g/mol. The Labute approximate surface area is 146 Å². The average Bonchev–Trinajstić information content (AvgIpc) is 2.65. The van der Waals surface area contributed by atoms with Crippen molar-refractivity contribution in [3.05, 3.63) is 65.7 Å². The molecule has 0 radical (unpaired) electrons. The van der Waals surface area contributed by atoms with Gasteiger partial charge in [-0.3, -0.25) is 4.79 Å². The van der Waals surface area contributed by atoms with Crippen molar-refractivity contribution in [1.82, 2.24) is 5.32 Å². The van der Waals surface area contributed by atoms with Crippen molar-refractivity contribution in [2.24, 2.45) is 5.92 Å². The first-order valence-corrected chi connectivity index (χ1v) is 7.75. The number of anilines is 1. The van der Waals surface area contributed by atoms with E-state index in [4.69, 9.17) is 10.00 Å². The van der Waals surface area contributed by atoms with Crippen molar-refractivity contribution in [3.63, 3.8) is 0 Å². The van der Waals surface area contributed by atoms with Crippen molar-refractivity contribution in [2.45, 2.75) is 13.0 Å². The Balaban J connectivity index is 2.17. The van der Waals surface area contributed by atoms with Gasteiger partial charge in [0.2, 0.25) is 0 Å². The molecule has 0 aliphatic carbocycles. The van der Waals surface area contributed by atoms with E-state index in [2.05, 4.69) is 10.6 Å². The maximum atomic E-state index is 12.4. The molecule has 0 spiro atoms. The summed E-state index contributed by atoms with van der Waals surface area (Å²) in [4.78, 5) is 24.3. The summed E-state index contributed by atoms with van der Waals surface area (Å²) in [5.41, 5.74) is 1.73. The summed E-state index contributed by atoms with van der Waals surface area (Å²) >= 11 is 0. The normalized spacial score (nSPS) is 12.4. The lowest BCUT2D eigenvalue weighted by Crippen LogP contribution is -2.38. The number of hydrogen-bond donors (Lipinski definition) is 2. The van der Waals surface area contributed by atoms with E-state index in [9.17, 15) is 9.59 Å². The SMILES string of the molecule is COC(=O)[C@H](C)[C@@H](NC(=O)Nc1cccc(C#N)c1)c1ccccc1. The molecule has 0 aliphatic heterocycles. The van der Waals surface area contributed by atoms with Crippen molar-refractivity contribution in [2.75, 3.05) is 12.4 Å². The highest BCUT2D eigenvalue weighted by Crippen LogP contribution is 2.23. The smallest absolute Gasteiger partial charge is 0.319 e. The Hall–Kier alpha value is -3.33. The van der Waals surface area contributed by atoms with Gasteiger partial charge < -0.3 is 15.4 Å². The summed E-state index contributed by atoms with van der Waals surface area (Å²) in [6.07, 6.45) is 0. The number of carbonyl (C=O) groups is 2. The minimum absolute atomic E-state index is 0.416. The standard InChI is InChI=1S/C19H19N3O3/c1-13(18(23)25-2)17(15-8-4-3-5-9-15)22-19(24)21-16-10-6-7-14(11-16)12-20/h3-11,13,17H,1-2H3,(H2,21,22,24)/t13-,17-/m1/s1. The van der Waals surface area contributed by atoms with E-state index in [0.29, 0.717) is 11.3 Å². The van der Waals surface area contributed by atoms with Crippen LogP contribution in [0.5, 0.6) is 0 Å². The second-order valence-corrected chi connectivity index (χ2v) is 5.49. The number of esters is 1. The predicted molar refractivity (Wildman–Crippen MR) is 93.7 cm³/mol. The molecule has 128 valence electrons. The molecule has 0 fully saturated rings. The highest BCUT2D eigenvalue weighted by Gasteiger charge is 2.27. The number of methoxy groups -OCH3 is 1. The lowest BCUT2D eigenvalue weighted by molar-refractivity contribution is -0.145. The number of nitrogens with zero attached hydrogens (tertiary/aromatic N) is 1. The fourth-order valence-corrected chi connectivity index (χ4v) is 2.45. The molecule has 0 unspecified atom stereocenters. The third kappa shape index (κ3) is 4.82. The van der Waals surface area contributed by atoms with Gasteiger partial charge in [0.05, 0.1) is 30.7 Å². The largest absolute Gasteiger partial charge is 0.469 e. The van der Waals surface area contributed by atoms with Crippen molar-refractivity contribution < 1.29 is 14.3 Å². The van der Waals surface area contributed by atoms with E-state index in [-0.39, 0.29) is 0 Å². The number of amides is 2. The molecule has 0 heterocycles. The first-order valence-electron chi connectivity index (χ1n) is 7.75. The maximum absolute atomic E-state index is 12.4. The zero-order valence-electron chi connectivity index (χ0n) is 14.0. The number of urea groups is 1. The molecular formula is C19H19N3O3. The number of hydrogen-bond acceptors (Lipinski definition) is 4. The van der Waals surface area contributed by atoms with Crippen LogP contribution in [0.2, 0.25) is 0 Å². The lowest BCUT2D eigenvalue weighted by Gasteiger charge is -2.24. The fraction of sp³-hybridized carbons (Fsp3) is 0.211. The Kier molecular flexibility index (Phi) is 6.13. The minimum atomic E-state index is -0.566. The van der Waals surface area contributed by atoms with Crippen LogP contribution in [0.15, 0.2) is 54.6 Å². The molecule has 2 amide bonds.